The zero-order valence-electron chi connectivity index (χ0n) is 12.9. The van der Waals surface area contributed by atoms with Gasteiger partial charge in [-0.1, -0.05) is 29.3 Å². The Balaban J connectivity index is 1.72. The van der Waals surface area contributed by atoms with E-state index in [0.29, 0.717) is 39.6 Å². The first-order valence-electron chi connectivity index (χ1n) is 7.52. The summed E-state index contributed by atoms with van der Waals surface area (Å²) in [4.78, 5) is 13.1. The van der Waals surface area contributed by atoms with E-state index >= 15 is 0 Å². The van der Waals surface area contributed by atoms with Gasteiger partial charge in [-0.25, -0.2) is 15.0 Å². The first-order valence-corrected chi connectivity index (χ1v) is 8.27. The van der Waals surface area contributed by atoms with Crippen LogP contribution < -0.4 is 5.73 Å². The molecule has 2 aliphatic heterocycles. The number of rotatable bonds is 4. The lowest BCUT2D eigenvalue weighted by atomic mass is 10.1. The minimum atomic E-state index is -0.511. The van der Waals surface area contributed by atoms with E-state index in [4.69, 9.17) is 33.4 Å². The van der Waals surface area contributed by atoms with Crippen molar-refractivity contribution in [2.75, 3.05) is 0 Å². The van der Waals surface area contributed by atoms with Gasteiger partial charge in [0.05, 0.1) is 24.8 Å². The number of fused-ring (bicyclic) bond motifs is 1. The van der Waals surface area contributed by atoms with Crippen molar-refractivity contribution in [3.8, 4) is 11.5 Å². The Kier molecular flexibility index (Phi) is 4.17. The average Bonchev–Trinajstić information content (AvgIpc) is 3.28. The highest BCUT2D eigenvalue weighted by atomic mass is 35.5. The molecule has 0 saturated heterocycles. The van der Waals surface area contributed by atoms with Crippen molar-refractivity contribution < 1.29 is 4.42 Å². The molecule has 0 saturated carbocycles. The molecule has 1 unspecified atom stereocenters. The van der Waals surface area contributed by atoms with Crippen molar-refractivity contribution >= 4 is 23.2 Å². The van der Waals surface area contributed by atoms with Crippen molar-refractivity contribution in [3.05, 3.63) is 76.3 Å². The molecule has 25 heavy (non-hydrogen) atoms. The van der Waals surface area contributed by atoms with Gasteiger partial charge in [-0.3, -0.25) is 0 Å². The van der Waals surface area contributed by atoms with E-state index in [9.17, 15) is 0 Å². The normalized spacial score (nSPS) is 12.6. The summed E-state index contributed by atoms with van der Waals surface area (Å²) in [5, 5.41) is 1.18. The van der Waals surface area contributed by atoms with Gasteiger partial charge in [-0.2, -0.15) is 0 Å². The molecule has 2 aromatic rings. The molecule has 0 amide bonds. The lowest BCUT2D eigenvalue weighted by Gasteiger charge is -2.16. The van der Waals surface area contributed by atoms with E-state index in [-0.39, 0.29) is 0 Å². The molecule has 0 aliphatic carbocycles. The monoisotopic (exact) mass is 373 g/mol. The summed E-state index contributed by atoms with van der Waals surface area (Å²) < 4.78 is 7.25. The fraction of sp³-hybridized carbons (Fsp3) is 0.118. The van der Waals surface area contributed by atoms with Gasteiger partial charge in [0.2, 0.25) is 0 Å². The molecule has 0 bridgehead atoms. The summed E-state index contributed by atoms with van der Waals surface area (Å²) in [6.07, 6.45) is 4.75. The highest BCUT2D eigenvalue weighted by Gasteiger charge is 2.24. The number of hydrogen-bond donors (Lipinski definition) is 1. The van der Waals surface area contributed by atoms with Crippen LogP contribution in [-0.2, 0) is 6.54 Å². The topological polar surface area (TPSA) is 82.8 Å². The standard InChI is InChI=1S/C17H13Cl2N5O/c18-11-4-3-10(12(19)6-11)7-24-9-23-15(16-17(24)22-8-21-16)14(20)13-2-1-5-25-13/h1-6,8-9,14H,7,20H2. The van der Waals surface area contributed by atoms with Crippen LogP contribution in [0.1, 0.15) is 23.1 Å². The number of hydrogen-bond acceptors (Lipinski definition) is 5. The predicted molar refractivity (Wildman–Crippen MR) is 94.7 cm³/mol. The van der Waals surface area contributed by atoms with E-state index in [1.165, 1.54) is 6.33 Å². The summed E-state index contributed by atoms with van der Waals surface area (Å²) in [6.45, 7) is 0.495. The second-order valence-electron chi connectivity index (χ2n) is 5.53. The second kappa shape index (κ2) is 6.48. The number of aromatic nitrogens is 4. The van der Waals surface area contributed by atoms with Crippen LogP contribution in [0.4, 0.5) is 0 Å². The minimum absolute atomic E-state index is 0.495. The van der Waals surface area contributed by atoms with Gasteiger partial charge in [0.15, 0.2) is 5.82 Å². The quantitative estimate of drug-likeness (QED) is 0.588. The Labute approximate surface area is 153 Å². The zero-order valence-corrected chi connectivity index (χ0v) is 14.4. The van der Waals surface area contributed by atoms with Crippen molar-refractivity contribution in [1.82, 2.24) is 19.5 Å². The van der Waals surface area contributed by atoms with E-state index in [1.54, 1.807) is 30.8 Å². The molecule has 6 nitrogen and oxygen atoms in total. The number of nitrogens with two attached hydrogens (primary N) is 1. The average molecular weight is 374 g/mol. The van der Waals surface area contributed by atoms with Gasteiger partial charge in [-0.05, 0) is 29.8 Å². The largest absolute Gasteiger partial charge is 0.467 e. The fourth-order valence-electron chi connectivity index (χ4n) is 2.68. The van der Waals surface area contributed by atoms with Crippen molar-refractivity contribution in [1.29, 1.82) is 0 Å². The first-order chi connectivity index (χ1) is 12.1. The Bertz CT molecular complexity index is 983. The maximum Gasteiger partial charge on any atom is 0.163 e. The van der Waals surface area contributed by atoms with Gasteiger partial charge >= 0.3 is 0 Å². The van der Waals surface area contributed by atoms with Crippen molar-refractivity contribution in [3.63, 3.8) is 0 Å². The maximum atomic E-state index is 6.27. The molecule has 126 valence electrons. The van der Waals surface area contributed by atoms with E-state index in [0.717, 1.165) is 5.56 Å². The highest BCUT2D eigenvalue weighted by molar-refractivity contribution is 6.35. The first kappa shape index (κ1) is 16.1. The maximum absolute atomic E-state index is 6.27. The molecular weight excluding hydrogens is 361 g/mol. The molecule has 0 fully saturated rings. The van der Waals surface area contributed by atoms with Crippen LogP contribution in [0.5, 0.6) is 0 Å². The number of nitrogens with zero attached hydrogens (tertiary/aromatic N) is 4. The van der Waals surface area contributed by atoms with Crippen LogP contribution in [-0.4, -0.2) is 19.5 Å². The number of imidazole rings is 1. The molecular formula is C17H13Cl2N5O. The zero-order chi connectivity index (χ0) is 17.4. The van der Waals surface area contributed by atoms with Crippen LogP contribution in [0.15, 0.2) is 53.7 Å². The fourth-order valence-corrected chi connectivity index (χ4v) is 3.15. The third-order valence-electron chi connectivity index (χ3n) is 3.93. The van der Waals surface area contributed by atoms with Gasteiger partial charge in [0, 0.05) is 10.0 Å². The summed E-state index contributed by atoms with van der Waals surface area (Å²) in [6, 6.07) is 8.47. The molecule has 0 spiro atoms. The SMILES string of the molecule is NC(c1ccco1)c1ncn(Cc2ccc(Cl)cc2Cl)c2ncnc1-2. The predicted octanol–water partition coefficient (Wildman–Crippen LogP) is 3.77. The summed E-state index contributed by atoms with van der Waals surface area (Å²) in [5.74, 6) is 1.30. The summed E-state index contributed by atoms with van der Waals surface area (Å²) in [5.41, 5.74) is 8.42. The van der Waals surface area contributed by atoms with E-state index < -0.39 is 6.04 Å². The van der Waals surface area contributed by atoms with Crippen LogP contribution in [0.3, 0.4) is 0 Å². The summed E-state index contributed by atoms with van der Waals surface area (Å²) >= 11 is 12.2. The second-order valence-corrected chi connectivity index (χ2v) is 6.38. The lowest BCUT2D eigenvalue weighted by molar-refractivity contribution is 0.485. The molecule has 2 N–H and O–H groups in total. The van der Waals surface area contributed by atoms with Crippen LogP contribution in [0, 0.1) is 0 Å². The van der Waals surface area contributed by atoms with Crippen LogP contribution >= 0.6 is 23.2 Å². The molecule has 4 rings (SSSR count). The number of halogens is 2. The third kappa shape index (κ3) is 3.00. The van der Waals surface area contributed by atoms with E-state index in [2.05, 4.69) is 15.0 Å². The van der Waals surface area contributed by atoms with Crippen molar-refractivity contribution in [2.24, 2.45) is 5.73 Å². The Morgan fingerprint density at radius 3 is 2.80 bits per heavy atom. The third-order valence-corrected chi connectivity index (χ3v) is 4.52. The number of benzene rings is 1. The molecule has 3 heterocycles. The summed E-state index contributed by atoms with van der Waals surface area (Å²) in [7, 11) is 0. The van der Waals surface area contributed by atoms with Crippen LogP contribution in [0.25, 0.3) is 11.5 Å². The lowest BCUT2D eigenvalue weighted by Crippen LogP contribution is -2.18. The van der Waals surface area contributed by atoms with Gasteiger partial charge < -0.3 is 14.7 Å². The Morgan fingerprint density at radius 1 is 1.16 bits per heavy atom. The molecule has 0 radical (unpaired) electrons. The van der Waals surface area contributed by atoms with Crippen LogP contribution in [0.2, 0.25) is 10.0 Å². The Hall–Kier alpha value is -2.41. The van der Waals surface area contributed by atoms with Gasteiger partial charge in [0.25, 0.3) is 0 Å². The Morgan fingerprint density at radius 2 is 2.04 bits per heavy atom. The smallest absolute Gasteiger partial charge is 0.163 e. The van der Waals surface area contributed by atoms with Gasteiger partial charge in [-0.15, -0.1) is 0 Å². The molecule has 2 aliphatic rings. The molecule has 1 aromatic carbocycles. The van der Waals surface area contributed by atoms with Crippen molar-refractivity contribution in [2.45, 2.75) is 12.6 Å². The highest BCUT2D eigenvalue weighted by Crippen LogP contribution is 2.29. The number of furan rings is 1. The molecule has 1 atom stereocenters. The molecule has 8 heteroatoms. The minimum Gasteiger partial charge on any atom is -0.467 e. The van der Waals surface area contributed by atoms with Gasteiger partial charge in [0.1, 0.15) is 23.8 Å². The molecule has 1 aromatic heterocycles. The van der Waals surface area contributed by atoms with E-state index in [1.807, 2.05) is 16.7 Å².